The third-order valence-corrected chi connectivity index (χ3v) is 5.84. The minimum Gasteiger partial charge on any atom is -0.352 e. The lowest BCUT2D eigenvalue weighted by Gasteiger charge is -2.21. The first-order chi connectivity index (χ1) is 16.0. The summed E-state index contributed by atoms with van der Waals surface area (Å²) in [5.41, 5.74) is 1.83. The molecule has 170 valence electrons. The Morgan fingerprint density at radius 3 is 2.48 bits per heavy atom. The first-order valence-electron chi connectivity index (χ1n) is 10.4. The van der Waals surface area contributed by atoms with E-state index in [9.17, 15) is 18.8 Å². The van der Waals surface area contributed by atoms with Gasteiger partial charge in [-0.05, 0) is 54.8 Å². The number of anilines is 1. The number of halogens is 1. The number of nitrogens with zero attached hydrogens (tertiary/aromatic N) is 3. The first-order valence-corrected chi connectivity index (χ1v) is 11.3. The molecular weight excluding hydrogens is 445 g/mol. The summed E-state index contributed by atoms with van der Waals surface area (Å²) in [5, 5.41) is 7.59. The molecule has 10 heteroatoms. The number of pyridine rings is 1. The lowest BCUT2D eigenvalue weighted by atomic mass is 10.2. The van der Waals surface area contributed by atoms with Crippen LogP contribution in [-0.4, -0.2) is 45.2 Å². The summed E-state index contributed by atoms with van der Waals surface area (Å²) < 4.78 is 13.2. The third kappa shape index (κ3) is 6.42. The molecule has 0 atom stereocenters. The number of carbonyl (C=O) groups is 3. The Hall–Kier alpha value is -3.66. The number of nitrogens with one attached hydrogen (secondary N) is 2. The molecule has 0 spiro atoms. The molecule has 1 aliphatic carbocycles. The number of benzene rings is 1. The summed E-state index contributed by atoms with van der Waals surface area (Å²) in [7, 11) is 0. The Kier molecular flexibility index (Phi) is 7.04. The smallest absolute Gasteiger partial charge is 0.254 e. The van der Waals surface area contributed by atoms with Crippen molar-refractivity contribution in [2.45, 2.75) is 31.8 Å². The van der Waals surface area contributed by atoms with E-state index in [1.54, 1.807) is 17.8 Å². The molecule has 4 rings (SSSR count). The maximum Gasteiger partial charge on any atom is 0.254 e. The molecule has 33 heavy (non-hydrogen) atoms. The van der Waals surface area contributed by atoms with E-state index in [0.29, 0.717) is 22.9 Å². The van der Waals surface area contributed by atoms with Crippen molar-refractivity contribution in [2.75, 3.05) is 11.9 Å². The number of amides is 3. The normalized spacial score (nSPS) is 12.8. The molecule has 2 heterocycles. The zero-order valence-corrected chi connectivity index (χ0v) is 18.5. The highest BCUT2D eigenvalue weighted by Crippen LogP contribution is 2.28. The summed E-state index contributed by atoms with van der Waals surface area (Å²) in [6.45, 7) is 0.274. The van der Waals surface area contributed by atoms with Crippen molar-refractivity contribution in [1.29, 1.82) is 0 Å². The second-order valence-electron chi connectivity index (χ2n) is 7.67. The van der Waals surface area contributed by atoms with Crippen LogP contribution < -0.4 is 10.6 Å². The highest BCUT2D eigenvalue weighted by atomic mass is 32.1. The molecule has 0 saturated heterocycles. The van der Waals surface area contributed by atoms with E-state index in [4.69, 9.17) is 0 Å². The Morgan fingerprint density at radius 2 is 1.79 bits per heavy atom. The second-order valence-corrected chi connectivity index (χ2v) is 8.53. The van der Waals surface area contributed by atoms with Crippen LogP contribution >= 0.6 is 11.3 Å². The topological polar surface area (TPSA) is 104 Å². The molecule has 1 saturated carbocycles. The molecule has 1 fully saturated rings. The predicted molar refractivity (Wildman–Crippen MR) is 121 cm³/mol. The fourth-order valence-corrected chi connectivity index (χ4v) is 3.93. The van der Waals surface area contributed by atoms with Crippen molar-refractivity contribution >= 4 is 34.2 Å². The Bertz CT molecular complexity index is 1130. The zero-order valence-electron chi connectivity index (χ0n) is 17.7. The molecule has 3 aromatic rings. The van der Waals surface area contributed by atoms with Crippen LogP contribution in [0.1, 0.15) is 34.5 Å². The quantitative estimate of drug-likeness (QED) is 0.504. The van der Waals surface area contributed by atoms with Gasteiger partial charge in [-0.15, -0.1) is 11.3 Å². The molecule has 8 nitrogen and oxygen atoms in total. The molecule has 1 aliphatic rings. The van der Waals surface area contributed by atoms with Crippen LogP contribution in [0.4, 0.5) is 9.52 Å². The van der Waals surface area contributed by atoms with E-state index in [1.165, 1.54) is 40.5 Å². The van der Waals surface area contributed by atoms with Crippen molar-refractivity contribution in [2.24, 2.45) is 0 Å². The van der Waals surface area contributed by atoms with Crippen LogP contribution in [0.5, 0.6) is 0 Å². The number of thiazole rings is 1. The summed E-state index contributed by atoms with van der Waals surface area (Å²) >= 11 is 1.22. The number of aromatic nitrogens is 2. The minimum absolute atomic E-state index is 0.00394. The van der Waals surface area contributed by atoms with Crippen molar-refractivity contribution in [3.63, 3.8) is 0 Å². The van der Waals surface area contributed by atoms with E-state index in [1.807, 2.05) is 12.1 Å². The Morgan fingerprint density at radius 1 is 1.06 bits per heavy atom. The number of rotatable bonds is 9. The largest absolute Gasteiger partial charge is 0.352 e. The Balaban J connectivity index is 1.29. The summed E-state index contributed by atoms with van der Waals surface area (Å²) in [5.74, 6) is -1.29. The summed E-state index contributed by atoms with van der Waals surface area (Å²) in [6.07, 6.45) is 5.07. The van der Waals surface area contributed by atoms with Gasteiger partial charge >= 0.3 is 0 Å². The van der Waals surface area contributed by atoms with Crippen LogP contribution in [-0.2, 0) is 22.6 Å². The van der Waals surface area contributed by atoms with Gasteiger partial charge in [-0.2, -0.15) is 0 Å². The number of hydrogen-bond acceptors (Lipinski definition) is 6. The fraction of sp³-hybridized carbons (Fsp3) is 0.261. The number of carbonyl (C=O) groups excluding carboxylic acids is 3. The van der Waals surface area contributed by atoms with Gasteiger partial charge in [0.15, 0.2) is 5.13 Å². The molecule has 0 radical (unpaired) electrons. The van der Waals surface area contributed by atoms with Gasteiger partial charge in [0.1, 0.15) is 12.4 Å². The lowest BCUT2D eigenvalue weighted by molar-refractivity contribution is -0.120. The van der Waals surface area contributed by atoms with Gasteiger partial charge in [0, 0.05) is 35.9 Å². The average molecular weight is 468 g/mol. The monoisotopic (exact) mass is 467 g/mol. The molecule has 2 N–H and O–H groups in total. The van der Waals surface area contributed by atoms with E-state index in [2.05, 4.69) is 20.6 Å². The Labute approximate surface area is 193 Å². The minimum atomic E-state index is -0.423. The highest BCUT2D eigenvalue weighted by Gasteiger charge is 2.34. The van der Waals surface area contributed by atoms with E-state index < -0.39 is 5.82 Å². The average Bonchev–Trinajstić information content (AvgIpc) is 3.57. The summed E-state index contributed by atoms with van der Waals surface area (Å²) in [4.78, 5) is 47.2. The van der Waals surface area contributed by atoms with Gasteiger partial charge in [-0.3, -0.25) is 19.4 Å². The van der Waals surface area contributed by atoms with Crippen LogP contribution in [0.3, 0.4) is 0 Å². The third-order valence-electron chi connectivity index (χ3n) is 5.03. The van der Waals surface area contributed by atoms with Gasteiger partial charge < -0.3 is 15.5 Å². The lowest BCUT2D eigenvalue weighted by Crippen LogP contribution is -2.39. The van der Waals surface area contributed by atoms with Gasteiger partial charge in [-0.25, -0.2) is 9.37 Å². The van der Waals surface area contributed by atoms with Gasteiger partial charge in [0.05, 0.1) is 12.1 Å². The molecule has 1 aromatic carbocycles. The van der Waals surface area contributed by atoms with Crippen LogP contribution in [0.25, 0.3) is 0 Å². The SMILES string of the molecule is O=C(Cc1csc(NC(=O)CN(C(=O)c2ccc(F)cc2)C2CC2)n1)NCc1ccncc1. The predicted octanol–water partition coefficient (Wildman–Crippen LogP) is 2.78. The van der Waals surface area contributed by atoms with Crippen molar-refractivity contribution in [1.82, 2.24) is 20.2 Å². The van der Waals surface area contributed by atoms with Crippen molar-refractivity contribution in [3.05, 3.63) is 76.8 Å². The van der Waals surface area contributed by atoms with Crippen molar-refractivity contribution < 1.29 is 18.8 Å². The fourth-order valence-electron chi connectivity index (χ4n) is 3.20. The second kappa shape index (κ2) is 10.3. The number of hydrogen-bond donors (Lipinski definition) is 2. The van der Waals surface area contributed by atoms with Crippen LogP contribution in [0.15, 0.2) is 54.2 Å². The van der Waals surface area contributed by atoms with E-state index in [0.717, 1.165) is 18.4 Å². The standard InChI is InChI=1S/C23H22FN5O3S/c24-17-3-1-16(2-4-17)22(32)29(19-5-6-19)13-21(31)28-23-27-18(14-33-23)11-20(30)26-12-15-7-9-25-10-8-15/h1-4,7-10,14,19H,5-6,11-13H2,(H,26,30)(H,27,28,31). The van der Waals surface area contributed by atoms with Gasteiger partial charge in [0.2, 0.25) is 11.8 Å². The molecular formula is C23H22FN5O3S. The molecule has 0 aliphatic heterocycles. The van der Waals surface area contributed by atoms with E-state index >= 15 is 0 Å². The first kappa shape index (κ1) is 22.5. The van der Waals surface area contributed by atoms with Gasteiger partial charge in [-0.1, -0.05) is 0 Å². The molecule has 0 unspecified atom stereocenters. The molecule has 3 amide bonds. The maximum absolute atomic E-state index is 13.2. The molecule has 0 bridgehead atoms. The van der Waals surface area contributed by atoms with Crippen LogP contribution in [0, 0.1) is 5.82 Å². The van der Waals surface area contributed by atoms with Crippen molar-refractivity contribution in [3.8, 4) is 0 Å². The van der Waals surface area contributed by atoms with Gasteiger partial charge in [0.25, 0.3) is 5.91 Å². The van der Waals surface area contributed by atoms with Crippen LogP contribution in [0.2, 0.25) is 0 Å². The zero-order chi connectivity index (χ0) is 23.2. The summed E-state index contributed by atoms with van der Waals surface area (Å²) in [6, 6.07) is 8.93. The molecule has 2 aromatic heterocycles. The maximum atomic E-state index is 13.2. The highest BCUT2D eigenvalue weighted by molar-refractivity contribution is 7.13. The van der Waals surface area contributed by atoms with E-state index in [-0.39, 0.29) is 36.7 Å².